The topological polar surface area (TPSA) is 114 Å². The zero-order chi connectivity index (χ0) is 22.9. The van der Waals surface area contributed by atoms with Gasteiger partial charge < -0.3 is 14.8 Å². The Bertz CT molecular complexity index is 1480. The van der Waals surface area contributed by atoms with Crippen LogP contribution in [0.2, 0.25) is 5.02 Å². The molecular formula is C24H16ClN5O3. The number of halogens is 1. The van der Waals surface area contributed by atoms with Gasteiger partial charge in [-0.05, 0) is 36.2 Å². The smallest absolute Gasteiger partial charge is 0.336 e. The Balaban J connectivity index is 1.45. The number of benzene rings is 2. The van der Waals surface area contributed by atoms with Crippen molar-refractivity contribution in [3.8, 4) is 34.1 Å². The highest BCUT2D eigenvalue weighted by Crippen LogP contribution is 2.32. The number of aromatic amines is 1. The first-order valence-electron chi connectivity index (χ1n) is 9.92. The number of ether oxygens (including phenoxy) is 1. The fourth-order valence-corrected chi connectivity index (χ4v) is 3.68. The third-order valence-corrected chi connectivity index (χ3v) is 5.40. The van der Waals surface area contributed by atoms with Crippen molar-refractivity contribution in [1.82, 2.24) is 24.9 Å². The van der Waals surface area contributed by atoms with Gasteiger partial charge in [-0.1, -0.05) is 41.9 Å². The highest BCUT2D eigenvalue weighted by Gasteiger charge is 2.14. The maximum Gasteiger partial charge on any atom is 0.336 e. The predicted molar refractivity (Wildman–Crippen MR) is 124 cm³/mol. The van der Waals surface area contributed by atoms with Crippen LogP contribution in [0.4, 0.5) is 0 Å². The van der Waals surface area contributed by atoms with Crippen LogP contribution in [0.15, 0.2) is 67.3 Å². The number of fused-ring (bicyclic) bond motifs is 1. The van der Waals surface area contributed by atoms with Crippen molar-refractivity contribution >= 4 is 28.7 Å². The van der Waals surface area contributed by atoms with Crippen molar-refractivity contribution in [1.29, 1.82) is 0 Å². The number of hydrogen-bond acceptors (Lipinski definition) is 6. The van der Waals surface area contributed by atoms with Gasteiger partial charge >= 0.3 is 12.0 Å². The lowest BCUT2D eigenvalue weighted by Crippen LogP contribution is -2.00. The number of hydrogen-bond donors (Lipinski definition) is 2. The minimum absolute atomic E-state index is 0.164. The van der Waals surface area contributed by atoms with Crippen molar-refractivity contribution < 1.29 is 14.6 Å². The molecule has 33 heavy (non-hydrogen) atoms. The molecule has 162 valence electrons. The van der Waals surface area contributed by atoms with Gasteiger partial charge in [0.15, 0.2) is 5.65 Å². The van der Waals surface area contributed by atoms with E-state index in [4.69, 9.17) is 16.3 Å². The number of carbonyl (C=O) groups is 1. The molecule has 5 rings (SSSR count). The predicted octanol–water partition coefficient (Wildman–Crippen LogP) is 5.53. The van der Waals surface area contributed by atoms with Crippen molar-refractivity contribution in [2.24, 2.45) is 0 Å². The van der Waals surface area contributed by atoms with E-state index in [1.807, 2.05) is 24.3 Å². The second-order valence-electron chi connectivity index (χ2n) is 7.32. The van der Waals surface area contributed by atoms with E-state index < -0.39 is 5.97 Å². The standard InChI is InChI=1S/C24H16ClN5O3/c1-13-2-7-17(8-18(13)23(31)32)33-24-28-20-9-19(25)21(29-22(20)30-24)15-5-3-14(4-6-15)16-10-26-12-27-11-16/h2-12H,1H3,(H,31,32)(H,28,29,30). The summed E-state index contributed by atoms with van der Waals surface area (Å²) in [7, 11) is 0. The van der Waals surface area contributed by atoms with E-state index in [-0.39, 0.29) is 11.6 Å². The van der Waals surface area contributed by atoms with Crippen LogP contribution >= 0.6 is 11.6 Å². The lowest BCUT2D eigenvalue weighted by atomic mass is 10.0. The third kappa shape index (κ3) is 4.11. The minimum atomic E-state index is -1.02. The molecule has 0 spiro atoms. The summed E-state index contributed by atoms with van der Waals surface area (Å²) in [6.07, 6.45) is 4.98. The van der Waals surface area contributed by atoms with E-state index in [1.165, 1.54) is 12.4 Å². The molecule has 0 radical (unpaired) electrons. The second-order valence-corrected chi connectivity index (χ2v) is 7.73. The molecule has 0 bridgehead atoms. The molecule has 0 aliphatic carbocycles. The van der Waals surface area contributed by atoms with Crippen LogP contribution in [-0.4, -0.2) is 36.0 Å². The average molecular weight is 458 g/mol. The fraction of sp³-hybridized carbons (Fsp3) is 0.0417. The number of nitrogens with zero attached hydrogens (tertiary/aromatic N) is 4. The molecule has 0 saturated heterocycles. The summed E-state index contributed by atoms with van der Waals surface area (Å²) in [5.74, 6) is -0.671. The Hall–Kier alpha value is -4.30. The minimum Gasteiger partial charge on any atom is -0.478 e. The van der Waals surface area contributed by atoms with Crippen LogP contribution in [0.3, 0.4) is 0 Å². The summed E-state index contributed by atoms with van der Waals surface area (Å²) in [5.41, 5.74) is 5.14. The first kappa shape index (κ1) is 20.6. The quantitative estimate of drug-likeness (QED) is 0.356. The summed E-state index contributed by atoms with van der Waals surface area (Å²) >= 11 is 6.50. The van der Waals surface area contributed by atoms with Crippen LogP contribution < -0.4 is 4.74 Å². The molecular weight excluding hydrogens is 442 g/mol. The maximum absolute atomic E-state index is 11.4. The molecule has 9 heteroatoms. The lowest BCUT2D eigenvalue weighted by molar-refractivity contribution is 0.0695. The normalized spacial score (nSPS) is 11.0. The Morgan fingerprint density at radius 3 is 2.42 bits per heavy atom. The van der Waals surface area contributed by atoms with Crippen LogP contribution in [0.1, 0.15) is 15.9 Å². The zero-order valence-electron chi connectivity index (χ0n) is 17.3. The number of aromatic nitrogens is 5. The van der Waals surface area contributed by atoms with Crippen molar-refractivity contribution in [3.05, 3.63) is 83.4 Å². The maximum atomic E-state index is 11.4. The van der Waals surface area contributed by atoms with Crippen LogP contribution in [0.25, 0.3) is 33.5 Å². The molecule has 0 aliphatic rings. The van der Waals surface area contributed by atoms with Gasteiger partial charge in [0.2, 0.25) is 0 Å². The molecule has 0 unspecified atom stereocenters. The van der Waals surface area contributed by atoms with E-state index >= 15 is 0 Å². The Morgan fingerprint density at radius 2 is 1.70 bits per heavy atom. The highest BCUT2D eigenvalue weighted by atomic mass is 35.5. The number of aryl methyl sites for hydroxylation is 1. The van der Waals surface area contributed by atoms with Gasteiger partial charge in [-0.2, -0.15) is 4.98 Å². The van der Waals surface area contributed by atoms with Gasteiger partial charge in [0.05, 0.1) is 21.8 Å². The molecule has 0 amide bonds. The van der Waals surface area contributed by atoms with E-state index in [0.29, 0.717) is 33.2 Å². The first-order chi connectivity index (χ1) is 16.0. The van der Waals surface area contributed by atoms with Gasteiger partial charge in [0.25, 0.3) is 0 Å². The summed E-state index contributed by atoms with van der Waals surface area (Å²) < 4.78 is 5.73. The molecule has 2 N–H and O–H groups in total. The van der Waals surface area contributed by atoms with Gasteiger partial charge in [0.1, 0.15) is 12.1 Å². The Labute approximate surface area is 192 Å². The number of aromatic carboxylic acids is 1. The number of H-pyrrole nitrogens is 1. The molecule has 3 heterocycles. The summed E-state index contributed by atoms with van der Waals surface area (Å²) in [6, 6.07) is 14.5. The third-order valence-electron chi connectivity index (χ3n) is 5.11. The molecule has 5 aromatic rings. The Morgan fingerprint density at radius 1 is 0.970 bits per heavy atom. The van der Waals surface area contributed by atoms with E-state index in [1.54, 1.807) is 37.5 Å². The SMILES string of the molecule is Cc1ccc(Oc2nc3nc(-c4ccc(-c5cncnc5)cc4)c(Cl)cc3[nH]2)cc1C(=O)O. The number of pyridine rings is 1. The van der Waals surface area contributed by atoms with E-state index in [0.717, 1.165) is 16.7 Å². The highest BCUT2D eigenvalue weighted by molar-refractivity contribution is 6.33. The summed E-state index contributed by atoms with van der Waals surface area (Å²) in [5, 5.41) is 9.77. The lowest BCUT2D eigenvalue weighted by Gasteiger charge is -2.05. The van der Waals surface area contributed by atoms with E-state index in [2.05, 4.69) is 24.9 Å². The van der Waals surface area contributed by atoms with Gasteiger partial charge in [-0.3, -0.25) is 0 Å². The molecule has 0 atom stereocenters. The summed E-state index contributed by atoms with van der Waals surface area (Å²) in [6.45, 7) is 1.72. The van der Waals surface area contributed by atoms with Crippen LogP contribution in [-0.2, 0) is 0 Å². The van der Waals surface area contributed by atoms with Crippen LogP contribution in [0.5, 0.6) is 11.8 Å². The second kappa shape index (κ2) is 8.33. The molecule has 0 saturated carbocycles. The molecule has 0 fully saturated rings. The zero-order valence-corrected chi connectivity index (χ0v) is 18.0. The fourth-order valence-electron chi connectivity index (χ4n) is 3.42. The van der Waals surface area contributed by atoms with Gasteiger partial charge in [-0.15, -0.1) is 0 Å². The number of carboxylic acids is 1. The first-order valence-corrected chi connectivity index (χ1v) is 10.3. The van der Waals surface area contributed by atoms with Gasteiger partial charge in [0, 0.05) is 23.5 Å². The number of imidazole rings is 1. The molecule has 2 aromatic carbocycles. The Kier molecular flexibility index (Phi) is 5.20. The van der Waals surface area contributed by atoms with E-state index in [9.17, 15) is 9.90 Å². The van der Waals surface area contributed by atoms with Crippen molar-refractivity contribution in [2.75, 3.05) is 0 Å². The number of rotatable bonds is 5. The van der Waals surface area contributed by atoms with Crippen molar-refractivity contribution in [2.45, 2.75) is 6.92 Å². The molecule has 0 aliphatic heterocycles. The van der Waals surface area contributed by atoms with Crippen LogP contribution in [0, 0.1) is 6.92 Å². The molecule has 8 nitrogen and oxygen atoms in total. The number of nitrogens with one attached hydrogen (secondary N) is 1. The largest absolute Gasteiger partial charge is 0.478 e. The number of carboxylic acid groups (broad SMARTS) is 1. The van der Waals surface area contributed by atoms with Crippen molar-refractivity contribution in [3.63, 3.8) is 0 Å². The monoisotopic (exact) mass is 457 g/mol. The summed E-state index contributed by atoms with van der Waals surface area (Å²) in [4.78, 5) is 31.5. The van der Waals surface area contributed by atoms with Gasteiger partial charge in [-0.25, -0.2) is 19.7 Å². The molecule has 3 aromatic heterocycles. The average Bonchev–Trinajstić information content (AvgIpc) is 3.21.